The zero-order chi connectivity index (χ0) is 21.6. The normalized spacial score (nSPS) is 15.1. The van der Waals surface area contributed by atoms with Gasteiger partial charge in [0.25, 0.3) is 0 Å². The highest BCUT2D eigenvalue weighted by Gasteiger charge is 2.25. The highest BCUT2D eigenvalue weighted by molar-refractivity contribution is 14.1. The van der Waals surface area contributed by atoms with Crippen molar-refractivity contribution >= 4 is 51.1 Å². The standard InChI is InChI=1S/C23H24IN3O4/c24-19-4-2-16(3-5-19)22(28)17-8-11-27(12-9-17)10-1-13-30-23(29)26-20-6-7-21-18(14-20)15-25-31-21/h2-7,14-15,17H,1,8-13H2,(H,26,29). The molecular formula is C23H24IN3O4. The van der Waals surface area contributed by atoms with Crippen LogP contribution in [-0.2, 0) is 4.74 Å². The summed E-state index contributed by atoms with van der Waals surface area (Å²) in [5.41, 5.74) is 2.12. The Hall–Kier alpha value is -2.46. The van der Waals surface area contributed by atoms with Crippen molar-refractivity contribution < 1.29 is 18.8 Å². The fourth-order valence-corrected chi connectivity index (χ4v) is 4.19. The molecule has 31 heavy (non-hydrogen) atoms. The fraction of sp³-hybridized carbons (Fsp3) is 0.348. The molecule has 1 aromatic heterocycles. The minimum Gasteiger partial charge on any atom is -0.449 e. The quantitative estimate of drug-likeness (QED) is 0.263. The molecule has 1 aliphatic rings. The van der Waals surface area contributed by atoms with E-state index in [-0.39, 0.29) is 11.7 Å². The lowest BCUT2D eigenvalue weighted by Crippen LogP contribution is -2.37. The minimum atomic E-state index is -0.474. The molecule has 0 atom stereocenters. The van der Waals surface area contributed by atoms with Crippen molar-refractivity contribution in [2.45, 2.75) is 19.3 Å². The van der Waals surface area contributed by atoms with Crippen molar-refractivity contribution in [1.29, 1.82) is 0 Å². The summed E-state index contributed by atoms with van der Waals surface area (Å²) in [6.07, 6.45) is 3.63. The SMILES string of the molecule is O=C(Nc1ccc2oncc2c1)OCCCN1CCC(C(=O)c2ccc(I)cc2)CC1. The predicted octanol–water partition coefficient (Wildman–Crippen LogP) is 4.97. The Balaban J connectivity index is 1.13. The first kappa shape index (κ1) is 21.8. The van der Waals surface area contributed by atoms with Crippen molar-refractivity contribution in [1.82, 2.24) is 10.1 Å². The lowest BCUT2D eigenvalue weighted by Gasteiger charge is -2.31. The first-order valence-corrected chi connectivity index (χ1v) is 11.5. The Morgan fingerprint density at radius 3 is 2.71 bits per heavy atom. The molecule has 0 radical (unpaired) electrons. The number of ether oxygens (including phenoxy) is 1. The second kappa shape index (κ2) is 10.2. The average molecular weight is 533 g/mol. The summed E-state index contributed by atoms with van der Waals surface area (Å²) in [5.74, 6) is 0.349. The van der Waals surface area contributed by atoms with Crippen LogP contribution in [0.1, 0.15) is 29.6 Å². The van der Waals surface area contributed by atoms with Gasteiger partial charge in [0.15, 0.2) is 11.4 Å². The maximum absolute atomic E-state index is 12.7. The number of aromatic nitrogens is 1. The van der Waals surface area contributed by atoms with Gasteiger partial charge in [-0.1, -0.05) is 17.3 Å². The number of carbonyl (C=O) groups is 2. The molecule has 0 spiro atoms. The van der Waals surface area contributed by atoms with Crippen molar-refractivity contribution in [3.63, 3.8) is 0 Å². The molecule has 3 aromatic rings. The summed E-state index contributed by atoms with van der Waals surface area (Å²) >= 11 is 2.25. The number of ketones is 1. The molecule has 0 unspecified atom stereocenters. The van der Waals surface area contributed by atoms with Crippen LogP contribution in [0.25, 0.3) is 11.0 Å². The zero-order valence-corrected chi connectivity index (χ0v) is 19.2. The van der Waals surface area contributed by atoms with Gasteiger partial charge in [-0.2, -0.15) is 0 Å². The Morgan fingerprint density at radius 1 is 1.16 bits per heavy atom. The van der Waals surface area contributed by atoms with Crippen LogP contribution in [0.4, 0.5) is 10.5 Å². The van der Waals surface area contributed by atoms with E-state index < -0.39 is 6.09 Å². The third kappa shape index (κ3) is 5.82. The number of piperidine rings is 1. The zero-order valence-electron chi connectivity index (χ0n) is 17.1. The molecule has 1 saturated heterocycles. The first-order chi connectivity index (χ1) is 15.1. The molecule has 7 nitrogen and oxygen atoms in total. The summed E-state index contributed by atoms with van der Waals surface area (Å²) in [5, 5.41) is 7.26. The van der Waals surface area contributed by atoms with E-state index in [1.807, 2.05) is 24.3 Å². The molecule has 2 heterocycles. The number of benzene rings is 2. The number of anilines is 1. The Kier molecular flexibility index (Phi) is 7.18. The van der Waals surface area contributed by atoms with E-state index >= 15 is 0 Å². The van der Waals surface area contributed by atoms with Crippen LogP contribution in [0.3, 0.4) is 0 Å². The Bertz CT molecular complexity index is 1040. The number of fused-ring (bicyclic) bond motifs is 1. The van der Waals surface area contributed by atoms with Crippen LogP contribution in [0.2, 0.25) is 0 Å². The summed E-state index contributed by atoms with van der Waals surface area (Å²) in [4.78, 5) is 27.0. The molecule has 1 aliphatic heterocycles. The number of rotatable bonds is 7. The second-order valence-corrected chi connectivity index (χ2v) is 8.93. The van der Waals surface area contributed by atoms with E-state index in [0.29, 0.717) is 17.9 Å². The number of hydrogen-bond donors (Lipinski definition) is 1. The molecule has 1 amide bonds. The summed E-state index contributed by atoms with van der Waals surface area (Å²) < 4.78 is 11.5. The van der Waals surface area contributed by atoms with E-state index in [2.05, 4.69) is 38.0 Å². The van der Waals surface area contributed by atoms with Gasteiger partial charge in [-0.3, -0.25) is 10.1 Å². The lowest BCUT2D eigenvalue weighted by atomic mass is 9.89. The van der Waals surface area contributed by atoms with Gasteiger partial charge in [-0.05, 0) is 85.3 Å². The van der Waals surface area contributed by atoms with Gasteiger partial charge in [-0.15, -0.1) is 0 Å². The number of nitrogens with zero attached hydrogens (tertiary/aromatic N) is 2. The highest BCUT2D eigenvalue weighted by atomic mass is 127. The van der Waals surface area contributed by atoms with E-state index in [0.717, 1.165) is 53.4 Å². The molecule has 8 heteroatoms. The van der Waals surface area contributed by atoms with Gasteiger partial charge < -0.3 is 14.2 Å². The third-order valence-electron chi connectivity index (χ3n) is 5.54. The largest absolute Gasteiger partial charge is 0.449 e. The number of halogens is 1. The van der Waals surface area contributed by atoms with Crippen molar-refractivity contribution in [3.05, 3.63) is 57.8 Å². The van der Waals surface area contributed by atoms with Gasteiger partial charge in [0.05, 0.1) is 12.8 Å². The smallest absolute Gasteiger partial charge is 0.411 e. The van der Waals surface area contributed by atoms with E-state index in [1.54, 1.807) is 24.4 Å². The molecule has 4 rings (SSSR count). The molecule has 162 valence electrons. The summed E-state index contributed by atoms with van der Waals surface area (Å²) in [6.45, 7) is 2.99. The summed E-state index contributed by atoms with van der Waals surface area (Å²) in [6, 6.07) is 13.1. The van der Waals surface area contributed by atoms with Crippen LogP contribution in [0.15, 0.2) is 53.2 Å². The maximum Gasteiger partial charge on any atom is 0.411 e. The highest BCUT2D eigenvalue weighted by Crippen LogP contribution is 2.22. The van der Waals surface area contributed by atoms with Crippen molar-refractivity contribution in [3.8, 4) is 0 Å². The van der Waals surface area contributed by atoms with Crippen molar-refractivity contribution in [2.75, 3.05) is 31.6 Å². The van der Waals surface area contributed by atoms with Crippen LogP contribution < -0.4 is 5.32 Å². The Morgan fingerprint density at radius 2 is 1.94 bits per heavy atom. The third-order valence-corrected chi connectivity index (χ3v) is 6.26. The molecule has 0 aliphatic carbocycles. The number of nitrogens with one attached hydrogen (secondary N) is 1. The van der Waals surface area contributed by atoms with Crippen LogP contribution in [0.5, 0.6) is 0 Å². The van der Waals surface area contributed by atoms with Gasteiger partial charge in [0, 0.05) is 32.7 Å². The van der Waals surface area contributed by atoms with E-state index in [4.69, 9.17) is 9.26 Å². The molecule has 0 saturated carbocycles. The minimum absolute atomic E-state index is 0.0982. The Labute approximate surface area is 194 Å². The maximum atomic E-state index is 12.7. The van der Waals surface area contributed by atoms with Crippen LogP contribution in [-0.4, -0.2) is 48.2 Å². The number of hydrogen-bond acceptors (Lipinski definition) is 6. The molecular weight excluding hydrogens is 509 g/mol. The molecule has 1 N–H and O–H groups in total. The number of likely N-dealkylation sites (tertiary alicyclic amines) is 1. The topological polar surface area (TPSA) is 84.7 Å². The molecule has 2 aromatic carbocycles. The van der Waals surface area contributed by atoms with Crippen LogP contribution in [0, 0.1) is 9.49 Å². The lowest BCUT2D eigenvalue weighted by molar-refractivity contribution is 0.0830. The van der Waals surface area contributed by atoms with E-state index in [1.165, 1.54) is 0 Å². The van der Waals surface area contributed by atoms with Crippen molar-refractivity contribution in [2.24, 2.45) is 5.92 Å². The number of carbonyl (C=O) groups excluding carboxylic acids is 2. The van der Waals surface area contributed by atoms with Gasteiger partial charge in [-0.25, -0.2) is 4.79 Å². The predicted molar refractivity (Wildman–Crippen MR) is 126 cm³/mol. The molecule has 0 bridgehead atoms. The van der Waals surface area contributed by atoms with Gasteiger partial charge in [0.1, 0.15) is 0 Å². The van der Waals surface area contributed by atoms with Crippen LogP contribution >= 0.6 is 22.6 Å². The monoisotopic (exact) mass is 533 g/mol. The average Bonchev–Trinajstić information content (AvgIpc) is 3.25. The fourth-order valence-electron chi connectivity index (χ4n) is 3.83. The summed E-state index contributed by atoms with van der Waals surface area (Å²) in [7, 11) is 0. The van der Waals surface area contributed by atoms with Gasteiger partial charge >= 0.3 is 6.09 Å². The van der Waals surface area contributed by atoms with E-state index in [9.17, 15) is 9.59 Å². The number of amides is 1. The van der Waals surface area contributed by atoms with Gasteiger partial charge in [0.2, 0.25) is 0 Å². The first-order valence-electron chi connectivity index (χ1n) is 10.4. The molecule has 1 fully saturated rings. The second-order valence-electron chi connectivity index (χ2n) is 7.68. The number of Topliss-reactive ketones (excluding diaryl/α,β-unsaturated/α-hetero) is 1.